The van der Waals surface area contributed by atoms with Crippen LogP contribution in [0.25, 0.3) is 11.3 Å². The number of hydrogen-bond donors (Lipinski definition) is 0. The van der Waals surface area contributed by atoms with Gasteiger partial charge in [-0.1, -0.05) is 17.3 Å². The lowest BCUT2D eigenvalue weighted by molar-refractivity contribution is 0.0897. The predicted octanol–water partition coefficient (Wildman–Crippen LogP) is 4.13. The second-order valence-corrected chi connectivity index (χ2v) is 6.32. The number of halogens is 1. The van der Waals surface area contributed by atoms with E-state index in [4.69, 9.17) is 9.26 Å². The Morgan fingerprint density at radius 3 is 2.88 bits per heavy atom. The highest BCUT2D eigenvalue weighted by Crippen LogP contribution is 2.28. The molecule has 0 amide bonds. The van der Waals surface area contributed by atoms with Crippen LogP contribution >= 0.6 is 0 Å². The fourth-order valence-electron chi connectivity index (χ4n) is 2.68. The Hall–Kier alpha value is -2.63. The number of allylic oxidation sites excluding steroid dienone is 2. The second kappa shape index (κ2) is 7.09. The van der Waals surface area contributed by atoms with Crippen LogP contribution in [-0.4, -0.2) is 27.6 Å². The number of pyridine rings is 1. The lowest BCUT2D eigenvalue weighted by atomic mass is 10.1. The van der Waals surface area contributed by atoms with Crippen molar-refractivity contribution in [2.24, 2.45) is 0 Å². The molecule has 0 aliphatic carbocycles. The van der Waals surface area contributed by atoms with Crippen LogP contribution in [0.4, 0.5) is 4.39 Å². The summed E-state index contributed by atoms with van der Waals surface area (Å²) in [5, 5.41) is 4.07. The standard InChI is InChI=1S/C19H22FN3O2/c1-12(2)23-8-6-5-7-18(23)24-11-16-14(4)25-22-19(16)15-9-17(20)13(3)21-10-15/h5-7,9-10,12H,8,11H2,1-4H3. The fraction of sp³-hybridized carbons (Fsp3) is 0.368. The van der Waals surface area contributed by atoms with Crippen LogP contribution < -0.4 is 0 Å². The molecule has 2 aromatic heterocycles. The van der Waals surface area contributed by atoms with E-state index in [1.54, 1.807) is 13.1 Å². The predicted molar refractivity (Wildman–Crippen MR) is 93.0 cm³/mol. The number of aromatic nitrogens is 2. The zero-order valence-corrected chi connectivity index (χ0v) is 14.9. The normalized spacial score (nSPS) is 14.2. The zero-order valence-electron chi connectivity index (χ0n) is 14.9. The molecule has 1 aliphatic rings. The average Bonchev–Trinajstić information content (AvgIpc) is 2.96. The van der Waals surface area contributed by atoms with E-state index in [0.717, 1.165) is 18.0 Å². The van der Waals surface area contributed by atoms with Crippen molar-refractivity contribution in [3.05, 3.63) is 59.2 Å². The van der Waals surface area contributed by atoms with Gasteiger partial charge in [0.15, 0.2) is 5.88 Å². The molecule has 0 spiro atoms. The Balaban J connectivity index is 1.84. The summed E-state index contributed by atoms with van der Waals surface area (Å²) in [7, 11) is 0. The number of rotatable bonds is 5. The van der Waals surface area contributed by atoms with E-state index in [0.29, 0.717) is 35.4 Å². The first-order valence-corrected chi connectivity index (χ1v) is 8.31. The van der Waals surface area contributed by atoms with E-state index in [9.17, 15) is 4.39 Å². The van der Waals surface area contributed by atoms with Crippen LogP contribution in [0.3, 0.4) is 0 Å². The highest BCUT2D eigenvalue weighted by molar-refractivity contribution is 5.62. The molecular weight excluding hydrogens is 321 g/mol. The fourth-order valence-corrected chi connectivity index (χ4v) is 2.68. The quantitative estimate of drug-likeness (QED) is 0.817. The molecule has 0 fully saturated rings. The first-order chi connectivity index (χ1) is 12.0. The minimum atomic E-state index is -0.365. The van der Waals surface area contributed by atoms with E-state index < -0.39 is 0 Å². The van der Waals surface area contributed by atoms with Crippen molar-refractivity contribution in [2.75, 3.05) is 6.54 Å². The molecular formula is C19H22FN3O2. The summed E-state index contributed by atoms with van der Waals surface area (Å²) in [6.07, 6.45) is 7.61. The highest BCUT2D eigenvalue weighted by Gasteiger charge is 2.20. The Morgan fingerprint density at radius 2 is 2.16 bits per heavy atom. The molecule has 0 aromatic carbocycles. The molecule has 0 saturated heterocycles. The van der Waals surface area contributed by atoms with Crippen LogP contribution in [0.2, 0.25) is 0 Å². The van der Waals surface area contributed by atoms with E-state index in [1.165, 1.54) is 6.07 Å². The molecule has 0 N–H and O–H groups in total. The minimum Gasteiger partial charge on any atom is -0.474 e. The number of nitrogens with zero attached hydrogens (tertiary/aromatic N) is 3. The maximum absolute atomic E-state index is 13.8. The molecule has 3 heterocycles. The Morgan fingerprint density at radius 1 is 1.36 bits per heavy atom. The SMILES string of the molecule is Cc1ncc(-c2noc(C)c2COC2=CC=CCN2C(C)C)cc1F. The third-order valence-electron chi connectivity index (χ3n) is 4.23. The number of hydrogen-bond acceptors (Lipinski definition) is 5. The first kappa shape index (κ1) is 17.2. The van der Waals surface area contributed by atoms with E-state index in [-0.39, 0.29) is 5.82 Å². The van der Waals surface area contributed by atoms with Gasteiger partial charge >= 0.3 is 0 Å². The van der Waals surface area contributed by atoms with Gasteiger partial charge in [0.1, 0.15) is 23.9 Å². The zero-order chi connectivity index (χ0) is 18.0. The largest absolute Gasteiger partial charge is 0.474 e. The Kier molecular flexibility index (Phi) is 4.88. The van der Waals surface area contributed by atoms with E-state index in [1.807, 2.05) is 19.1 Å². The van der Waals surface area contributed by atoms with Gasteiger partial charge in [-0.05, 0) is 39.8 Å². The average molecular weight is 343 g/mol. The summed E-state index contributed by atoms with van der Waals surface area (Å²) in [6, 6.07) is 1.75. The van der Waals surface area contributed by atoms with Gasteiger partial charge in [0.25, 0.3) is 0 Å². The van der Waals surface area contributed by atoms with Gasteiger partial charge in [0.2, 0.25) is 0 Å². The molecule has 132 valence electrons. The van der Waals surface area contributed by atoms with E-state index in [2.05, 4.69) is 35.0 Å². The van der Waals surface area contributed by atoms with Crippen molar-refractivity contribution >= 4 is 0 Å². The molecule has 3 rings (SSSR count). The van der Waals surface area contributed by atoms with Crippen LogP contribution in [0.5, 0.6) is 0 Å². The van der Waals surface area contributed by atoms with Crippen molar-refractivity contribution in [3.8, 4) is 11.3 Å². The van der Waals surface area contributed by atoms with Gasteiger partial charge < -0.3 is 14.2 Å². The summed E-state index contributed by atoms with van der Waals surface area (Å²) in [5.41, 5.74) is 2.29. The Bertz CT molecular complexity index is 824. The van der Waals surface area contributed by atoms with Gasteiger partial charge in [0.05, 0.1) is 11.3 Å². The maximum atomic E-state index is 13.8. The smallest absolute Gasteiger partial charge is 0.190 e. The van der Waals surface area contributed by atoms with Crippen molar-refractivity contribution in [2.45, 2.75) is 40.3 Å². The molecule has 0 atom stereocenters. The number of aryl methyl sites for hydroxylation is 2. The summed E-state index contributed by atoms with van der Waals surface area (Å²) in [5.74, 6) is 1.09. The summed E-state index contributed by atoms with van der Waals surface area (Å²) in [4.78, 5) is 6.23. The van der Waals surface area contributed by atoms with Gasteiger partial charge in [0, 0.05) is 24.3 Å². The third-order valence-corrected chi connectivity index (χ3v) is 4.23. The summed E-state index contributed by atoms with van der Waals surface area (Å²) < 4.78 is 25.2. The van der Waals surface area contributed by atoms with Gasteiger partial charge in [-0.2, -0.15) is 0 Å². The summed E-state index contributed by atoms with van der Waals surface area (Å²) in [6.45, 7) is 8.79. The lowest BCUT2D eigenvalue weighted by Crippen LogP contribution is -2.32. The topological polar surface area (TPSA) is 51.4 Å². The van der Waals surface area contributed by atoms with Gasteiger partial charge in [-0.15, -0.1) is 0 Å². The van der Waals surface area contributed by atoms with Crippen LogP contribution in [0.15, 0.2) is 40.9 Å². The Labute approximate surface area is 146 Å². The van der Waals surface area contributed by atoms with Gasteiger partial charge in [-0.25, -0.2) is 4.39 Å². The molecule has 0 saturated carbocycles. The van der Waals surface area contributed by atoms with Crippen LogP contribution in [-0.2, 0) is 11.3 Å². The van der Waals surface area contributed by atoms with Crippen molar-refractivity contribution in [1.29, 1.82) is 0 Å². The molecule has 1 aliphatic heterocycles. The third kappa shape index (κ3) is 3.57. The molecule has 0 bridgehead atoms. The molecule has 0 unspecified atom stereocenters. The van der Waals surface area contributed by atoms with Crippen molar-refractivity contribution < 1.29 is 13.7 Å². The minimum absolute atomic E-state index is 0.295. The maximum Gasteiger partial charge on any atom is 0.190 e. The number of ether oxygens (including phenoxy) is 1. The highest BCUT2D eigenvalue weighted by atomic mass is 19.1. The molecule has 0 radical (unpaired) electrons. The lowest BCUT2D eigenvalue weighted by Gasteiger charge is -2.31. The van der Waals surface area contributed by atoms with Crippen LogP contribution in [0, 0.1) is 19.7 Å². The summed E-state index contributed by atoms with van der Waals surface area (Å²) >= 11 is 0. The van der Waals surface area contributed by atoms with Crippen LogP contribution in [0.1, 0.15) is 30.9 Å². The molecule has 2 aromatic rings. The van der Waals surface area contributed by atoms with Gasteiger partial charge in [-0.3, -0.25) is 4.98 Å². The van der Waals surface area contributed by atoms with E-state index >= 15 is 0 Å². The van der Waals surface area contributed by atoms with Crippen molar-refractivity contribution in [3.63, 3.8) is 0 Å². The molecule has 5 nitrogen and oxygen atoms in total. The molecule has 25 heavy (non-hydrogen) atoms. The van der Waals surface area contributed by atoms with Crippen molar-refractivity contribution in [1.82, 2.24) is 15.0 Å². The molecule has 6 heteroatoms. The second-order valence-electron chi connectivity index (χ2n) is 6.32. The monoisotopic (exact) mass is 343 g/mol. The first-order valence-electron chi connectivity index (χ1n) is 8.31.